The summed E-state index contributed by atoms with van der Waals surface area (Å²) in [6.07, 6.45) is 0.561. The number of hydrogen-bond donors (Lipinski definition) is 1. The number of aromatic nitrogens is 2. The Labute approximate surface area is 133 Å². The van der Waals surface area contributed by atoms with Gasteiger partial charge in [0.2, 0.25) is 11.8 Å². The van der Waals surface area contributed by atoms with Crippen LogP contribution in [0.5, 0.6) is 0 Å². The highest BCUT2D eigenvalue weighted by Gasteiger charge is 2.47. The van der Waals surface area contributed by atoms with Crippen molar-refractivity contribution in [1.29, 1.82) is 0 Å². The number of nitrogens with one attached hydrogen (secondary N) is 1. The topological polar surface area (TPSA) is 67.2 Å². The van der Waals surface area contributed by atoms with E-state index in [2.05, 4.69) is 26.3 Å². The smallest absolute Gasteiger partial charge is 0.246 e. The number of carbonyl (C=O) groups excluding carboxylic acids is 2. The third-order valence-corrected chi connectivity index (χ3v) is 5.36. The summed E-state index contributed by atoms with van der Waals surface area (Å²) in [6, 6.07) is -0.495. The Balaban J connectivity index is 2.42. The molecule has 1 aliphatic heterocycles. The van der Waals surface area contributed by atoms with Gasteiger partial charge in [0.1, 0.15) is 11.6 Å². The zero-order valence-electron chi connectivity index (χ0n) is 13.0. The molecule has 0 spiro atoms. The summed E-state index contributed by atoms with van der Waals surface area (Å²) in [6.45, 7) is 7.70. The summed E-state index contributed by atoms with van der Waals surface area (Å²) in [5.74, 6) is -0.170. The summed E-state index contributed by atoms with van der Waals surface area (Å²) in [5.41, 5.74) is 0.927. The van der Waals surface area contributed by atoms with E-state index in [4.69, 9.17) is 0 Å². The van der Waals surface area contributed by atoms with Crippen LogP contribution in [0, 0.1) is 6.92 Å². The number of halogens is 1. The number of hydrogen-bond acceptors (Lipinski definition) is 3. The van der Waals surface area contributed by atoms with E-state index in [0.29, 0.717) is 13.0 Å². The van der Waals surface area contributed by atoms with E-state index in [0.717, 1.165) is 15.9 Å². The fourth-order valence-corrected chi connectivity index (χ4v) is 3.08. The number of piperazine rings is 1. The highest BCUT2D eigenvalue weighted by molar-refractivity contribution is 9.10. The first-order valence-electron chi connectivity index (χ1n) is 7.02. The van der Waals surface area contributed by atoms with E-state index in [-0.39, 0.29) is 11.8 Å². The maximum absolute atomic E-state index is 12.5. The standard InChI is InChI=1S/C14H21BrN4O2/c1-6-14(4)13(21)16-9(3)12(20)19(14)7-10-11(15)8(2)17-18(10)5/h9H,6-7H2,1-5H3,(H,16,21). The quantitative estimate of drug-likeness (QED) is 0.892. The first-order valence-corrected chi connectivity index (χ1v) is 7.82. The molecule has 0 aliphatic carbocycles. The van der Waals surface area contributed by atoms with Gasteiger partial charge in [0.25, 0.3) is 0 Å². The van der Waals surface area contributed by atoms with Crippen LogP contribution in [0.4, 0.5) is 0 Å². The van der Waals surface area contributed by atoms with Crippen LogP contribution in [0.2, 0.25) is 0 Å². The summed E-state index contributed by atoms with van der Waals surface area (Å²) >= 11 is 3.52. The van der Waals surface area contributed by atoms with Crippen molar-refractivity contribution >= 4 is 27.7 Å². The molecule has 21 heavy (non-hydrogen) atoms. The van der Waals surface area contributed by atoms with E-state index >= 15 is 0 Å². The monoisotopic (exact) mass is 356 g/mol. The number of aryl methyl sites for hydroxylation is 2. The van der Waals surface area contributed by atoms with Gasteiger partial charge in [-0.2, -0.15) is 5.10 Å². The van der Waals surface area contributed by atoms with Gasteiger partial charge in [-0.3, -0.25) is 14.3 Å². The molecule has 2 atom stereocenters. The molecular weight excluding hydrogens is 336 g/mol. The molecule has 2 amide bonds. The van der Waals surface area contributed by atoms with Crippen LogP contribution in [0.1, 0.15) is 38.6 Å². The lowest BCUT2D eigenvalue weighted by atomic mass is 9.90. The molecule has 2 rings (SSSR count). The van der Waals surface area contributed by atoms with Crippen LogP contribution in [-0.2, 0) is 23.2 Å². The SMILES string of the molecule is CCC1(C)C(=O)NC(C)C(=O)N1Cc1c(Br)c(C)nn1C. The molecule has 0 saturated carbocycles. The van der Waals surface area contributed by atoms with E-state index in [1.807, 2.05) is 27.8 Å². The first kappa shape index (κ1) is 16.0. The van der Waals surface area contributed by atoms with Gasteiger partial charge >= 0.3 is 0 Å². The van der Waals surface area contributed by atoms with Crippen molar-refractivity contribution in [3.05, 3.63) is 15.9 Å². The van der Waals surface area contributed by atoms with Crippen molar-refractivity contribution in [3.63, 3.8) is 0 Å². The molecule has 0 aromatic carbocycles. The van der Waals surface area contributed by atoms with Gasteiger partial charge in [-0.05, 0) is 43.1 Å². The molecule has 2 unspecified atom stereocenters. The van der Waals surface area contributed by atoms with Crippen LogP contribution < -0.4 is 5.32 Å². The zero-order valence-corrected chi connectivity index (χ0v) is 14.6. The third-order valence-electron chi connectivity index (χ3n) is 4.33. The van der Waals surface area contributed by atoms with Crippen LogP contribution in [-0.4, -0.2) is 38.1 Å². The van der Waals surface area contributed by atoms with Crippen LogP contribution in [0.15, 0.2) is 4.47 Å². The summed E-state index contributed by atoms with van der Waals surface area (Å²) < 4.78 is 2.63. The van der Waals surface area contributed by atoms with Gasteiger partial charge in [0.15, 0.2) is 0 Å². The molecule has 1 saturated heterocycles. The second-order valence-electron chi connectivity index (χ2n) is 5.72. The molecule has 7 heteroatoms. The Morgan fingerprint density at radius 2 is 2.05 bits per heavy atom. The lowest BCUT2D eigenvalue weighted by Crippen LogP contribution is -2.68. The molecule has 6 nitrogen and oxygen atoms in total. The van der Waals surface area contributed by atoms with Crippen LogP contribution in [0.3, 0.4) is 0 Å². The fraction of sp³-hybridized carbons (Fsp3) is 0.643. The Morgan fingerprint density at radius 3 is 2.52 bits per heavy atom. The molecule has 1 aromatic rings. The highest BCUT2D eigenvalue weighted by Crippen LogP contribution is 2.29. The van der Waals surface area contributed by atoms with E-state index < -0.39 is 11.6 Å². The molecule has 116 valence electrons. The second kappa shape index (κ2) is 5.44. The molecule has 0 bridgehead atoms. The largest absolute Gasteiger partial charge is 0.343 e. The third kappa shape index (κ3) is 2.47. The molecular formula is C14H21BrN4O2. The van der Waals surface area contributed by atoms with Crippen molar-refractivity contribution in [2.75, 3.05) is 0 Å². The van der Waals surface area contributed by atoms with Crippen molar-refractivity contribution in [2.45, 2.75) is 52.2 Å². The molecule has 0 radical (unpaired) electrons. The molecule has 1 fully saturated rings. The Morgan fingerprint density at radius 1 is 1.43 bits per heavy atom. The molecule has 1 aliphatic rings. The fourth-order valence-electron chi connectivity index (χ4n) is 2.62. The van der Waals surface area contributed by atoms with E-state index in [1.165, 1.54) is 0 Å². The van der Waals surface area contributed by atoms with Crippen molar-refractivity contribution in [2.24, 2.45) is 7.05 Å². The number of rotatable bonds is 3. The van der Waals surface area contributed by atoms with Gasteiger partial charge in [-0.25, -0.2) is 0 Å². The van der Waals surface area contributed by atoms with Gasteiger partial charge in [0.05, 0.1) is 22.4 Å². The maximum Gasteiger partial charge on any atom is 0.246 e. The van der Waals surface area contributed by atoms with Crippen LogP contribution in [0.25, 0.3) is 0 Å². The minimum absolute atomic E-state index is 0.0651. The Hall–Kier alpha value is -1.37. The Kier molecular flexibility index (Phi) is 4.15. The summed E-state index contributed by atoms with van der Waals surface area (Å²) in [4.78, 5) is 26.5. The van der Waals surface area contributed by atoms with E-state index in [1.54, 1.807) is 16.5 Å². The number of nitrogens with zero attached hydrogens (tertiary/aromatic N) is 3. The maximum atomic E-state index is 12.5. The average Bonchev–Trinajstić information content (AvgIpc) is 2.67. The normalized spacial score (nSPS) is 26.2. The van der Waals surface area contributed by atoms with Crippen molar-refractivity contribution < 1.29 is 9.59 Å². The average molecular weight is 357 g/mol. The lowest BCUT2D eigenvalue weighted by molar-refractivity contribution is -0.157. The predicted octanol–water partition coefficient (Wildman–Crippen LogP) is 1.51. The first-order chi connectivity index (χ1) is 9.72. The predicted molar refractivity (Wildman–Crippen MR) is 82.5 cm³/mol. The minimum Gasteiger partial charge on any atom is -0.343 e. The zero-order chi connectivity index (χ0) is 15.9. The number of amides is 2. The van der Waals surface area contributed by atoms with Crippen molar-refractivity contribution in [1.82, 2.24) is 20.0 Å². The molecule has 1 N–H and O–H groups in total. The summed E-state index contributed by atoms with van der Waals surface area (Å²) in [7, 11) is 1.84. The van der Waals surface area contributed by atoms with Crippen LogP contribution >= 0.6 is 15.9 Å². The minimum atomic E-state index is -0.832. The molecule has 1 aromatic heterocycles. The summed E-state index contributed by atoms with van der Waals surface area (Å²) in [5, 5.41) is 7.10. The molecule has 2 heterocycles. The van der Waals surface area contributed by atoms with Gasteiger partial charge in [-0.15, -0.1) is 0 Å². The Bertz CT molecular complexity index is 598. The lowest BCUT2D eigenvalue weighted by Gasteiger charge is -2.45. The second-order valence-corrected chi connectivity index (χ2v) is 6.51. The van der Waals surface area contributed by atoms with Crippen molar-refractivity contribution in [3.8, 4) is 0 Å². The van der Waals surface area contributed by atoms with Gasteiger partial charge in [0, 0.05) is 7.05 Å². The highest BCUT2D eigenvalue weighted by atomic mass is 79.9. The van der Waals surface area contributed by atoms with Gasteiger partial charge < -0.3 is 10.2 Å². The van der Waals surface area contributed by atoms with E-state index in [9.17, 15) is 9.59 Å². The van der Waals surface area contributed by atoms with Gasteiger partial charge in [-0.1, -0.05) is 6.92 Å². The number of carbonyl (C=O) groups is 2.